The van der Waals surface area contributed by atoms with Crippen molar-refractivity contribution in [3.63, 3.8) is 0 Å². The van der Waals surface area contributed by atoms with Crippen LogP contribution in [-0.2, 0) is 0 Å². The Morgan fingerprint density at radius 2 is 1.71 bits per heavy atom. The molecule has 0 aliphatic rings. The molecule has 0 spiro atoms. The maximum absolute atomic E-state index is 4.14. The average molecular weight is 237 g/mol. The summed E-state index contributed by atoms with van der Waals surface area (Å²) >= 11 is 0. The Balaban J connectivity index is 5.19. The summed E-state index contributed by atoms with van der Waals surface area (Å²) in [5.74, 6) is 0.479. The van der Waals surface area contributed by atoms with Crippen LogP contribution in [0, 0.1) is 11.3 Å². The fourth-order valence-electron chi connectivity index (χ4n) is 1.89. The predicted octanol–water partition coefficient (Wildman–Crippen LogP) is 5.26. The van der Waals surface area contributed by atoms with Crippen LogP contribution in [0.2, 0.25) is 0 Å². The molecule has 1 N–H and O–H groups in total. The van der Waals surface area contributed by atoms with E-state index >= 15 is 0 Å². The van der Waals surface area contributed by atoms with Crippen LogP contribution in [0.25, 0.3) is 0 Å². The lowest BCUT2D eigenvalue weighted by Gasteiger charge is -2.30. The van der Waals surface area contributed by atoms with Gasteiger partial charge in [-0.25, -0.2) is 0 Å². The van der Waals surface area contributed by atoms with E-state index in [2.05, 4.69) is 60.4 Å². The Morgan fingerprint density at radius 3 is 2.00 bits per heavy atom. The minimum atomic E-state index is 0.165. The Morgan fingerprint density at radius 1 is 1.18 bits per heavy atom. The summed E-state index contributed by atoms with van der Waals surface area (Å²) in [5, 5.41) is 3.58. The van der Waals surface area contributed by atoms with Crippen LogP contribution in [0.15, 0.2) is 23.5 Å². The third-order valence-electron chi connectivity index (χ3n) is 3.06. The summed E-state index contributed by atoms with van der Waals surface area (Å²) in [6.07, 6.45) is 3.51. The van der Waals surface area contributed by atoms with Crippen molar-refractivity contribution < 1.29 is 0 Å². The molecule has 1 nitrogen and oxygen atoms in total. The second kappa shape index (κ2) is 6.88. The summed E-state index contributed by atoms with van der Waals surface area (Å²) < 4.78 is 0. The molecule has 1 heteroatoms. The summed E-state index contributed by atoms with van der Waals surface area (Å²) in [5.41, 5.74) is 4.21. The first-order valence-electron chi connectivity index (χ1n) is 6.92. The Hall–Kier alpha value is -0.720. The maximum atomic E-state index is 4.14. The van der Waals surface area contributed by atoms with Gasteiger partial charge in [-0.2, -0.15) is 0 Å². The van der Waals surface area contributed by atoms with E-state index in [1.54, 1.807) is 5.57 Å². The molecule has 0 aromatic carbocycles. The zero-order valence-corrected chi connectivity index (χ0v) is 12.9. The fourth-order valence-corrected chi connectivity index (χ4v) is 1.89. The highest BCUT2D eigenvalue weighted by Gasteiger charge is 2.21. The molecule has 0 aromatic heterocycles. The molecule has 0 atom stereocenters. The van der Waals surface area contributed by atoms with Gasteiger partial charge in [-0.3, -0.25) is 0 Å². The van der Waals surface area contributed by atoms with Gasteiger partial charge in [0.05, 0.1) is 0 Å². The van der Waals surface area contributed by atoms with E-state index in [1.165, 1.54) is 18.5 Å². The van der Waals surface area contributed by atoms with Gasteiger partial charge >= 0.3 is 0 Å². The molecule has 0 aliphatic carbocycles. The minimum absolute atomic E-state index is 0.165. The van der Waals surface area contributed by atoms with E-state index in [9.17, 15) is 0 Å². The largest absolute Gasteiger partial charge is 0.362 e. The summed E-state index contributed by atoms with van der Waals surface area (Å²) in [6, 6.07) is 0. The smallest absolute Gasteiger partial charge is 0.0194 e. The number of hydrogen-bond acceptors (Lipinski definition) is 1. The average Bonchev–Trinajstić information content (AvgIpc) is 2.21. The molecule has 0 radical (unpaired) electrons. The van der Waals surface area contributed by atoms with Crippen molar-refractivity contribution in [3.8, 4) is 0 Å². The van der Waals surface area contributed by atoms with Crippen LogP contribution in [0.4, 0.5) is 0 Å². The summed E-state index contributed by atoms with van der Waals surface area (Å²) in [6.45, 7) is 19.8. The molecule has 100 valence electrons. The molecular formula is C16H31N. The van der Waals surface area contributed by atoms with E-state index in [4.69, 9.17) is 0 Å². The molecule has 0 saturated heterocycles. The lowest BCUT2D eigenvalue weighted by Crippen LogP contribution is -2.27. The van der Waals surface area contributed by atoms with Crippen molar-refractivity contribution in [2.24, 2.45) is 11.3 Å². The topological polar surface area (TPSA) is 12.0 Å². The van der Waals surface area contributed by atoms with Gasteiger partial charge in [-0.05, 0) is 18.8 Å². The highest BCUT2D eigenvalue weighted by molar-refractivity contribution is 5.22. The fraction of sp³-hybridized carbons (Fsp3) is 0.750. The maximum Gasteiger partial charge on any atom is 0.0194 e. The summed E-state index contributed by atoms with van der Waals surface area (Å²) in [7, 11) is 0. The van der Waals surface area contributed by atoms with Crippen molar-refractivity contribution in [1.82, 2.24) is 5.32 Å². The van der Waals surface area contributed by atoms with E-state index in [0.29, 0.717) is 5.92 Å². The van der Waals surface area contributed by atoms with Gasteiger partial charge in [0.25, 0.3) is 0 Å². The SMILES string of the molecule is C=C(N/C(=C(/CC)CCC)C(C)(C)C)C(C)C. The highest BCUT2D eigenvalue weighted by Crippen LogP contribution is 2.30. The van der Waals surface area contributed by atoms with Gasteiger partial charge in [-0.15, -0.1) is 0 Å². The van der Waals surface area contributed by atoms with E-state index in [-0.39, 0.29) is 5.41 Å². The highest BCUT2D eigenvalue weighted by atomic mass is 14.9. The second-order valence-electron chi connectivity index (χ2n) is 6.14. The van der Waals surface area contributed by atoms with Crippen LogP contribution < -0.4 is 5.32 Å². The molecule has 0 fully saturated rings. The minimum Gasteiger partial charge on any atom is -0.362 e. The van der Waals surface area contributed by atoms with Gasteiger partial charge in [0, 0.05) is 16.8 Å². The third-order valence-corrected chi connectivity index (χ3v) is 3.06. The van der Waals surface area contributed by atoms with Gasteiger partial charge in [0.1, 0.15) is 0 Å². The van der Waals surface area contributed by atoms with E-state index in [0.717, 1.165) is 12.1 Å². The lowest BCUT2D eigenvalue weighted by atomic mass is 9.86. The van der Waals surface area contributed by atoms with Crippen molar-refractivity contribution in [1.29, 1.82) is 0 Å². The van der Waals surface area contributed by atoms with Crippen LogP contribution in [0.3, 0.4) is 0 Å². The van der Waals surface area contributed by atoms with Crippen LogP contribution in [0.1, 0.15) is 67.7 Å². The monoisotopic (exact) mass is 237 g/mol. The van der Waals surface area contributed by atoms with Crippen molar-refractivity contribution in [3.05, 3.63) is 23.5 Å². The lowest BCUT2D eigenvalue weighted by molar-refractivity contribution is 0.454. The Kier molecular flexibility index (Phi) is 6.59. The van der Waals surface area contributed by atoms with Gasteiger partial charge in [0.2, 0.25) is 0 Å². The van der Waals surface area contributed by atoms with Crippen molar-refractivity contribution in [2.45, 2.75) is 67.7 Å². The predicted molar refractivity (Wildman–Crippen MR) is 78.8 cm³/mol. The number of allylic oxidation sites excluding steroid dienone is 3. The standard InChI is InChI=1S/C16H31N/c1-9-11-14(10-2)15(16(6,7)8)17-13(5)12(3)4/h12,17H,5,9-11H2,1-4,6-8H3/b15-14-. The quantitative estimate of drug-likeness (QED) is 0.664. The van der Waals surface area contributed by atoms with Gasteiger partial charge < -0.3 is 5.32 Å². The Labute approximate surface area is 108 Å². The first-order valence-corrected chi connectivity index (χ1v) is 6.92. The molecule has 0 heterocycles. The number of hydrogen-bond donors (Lipinski definition) is 1. The second-order valence-corrected chi connectivity index (χ2v) is 6.14. The molecular weight excluding hydrogens is 206 g/mol. The van der Waals surface area contributed by atoms with Crippen molar-refractivity contribution in [2.75, 3.05) is 0 Å². The molecule has 0 saturated carbocycles. The molecule has 0 bridgehead atoms. The van der Waals surface area contributed by atoms with Crippen molar-refractivity contribution >= 4 is 0 Å². The van der Waals surface area contributed by atoms with Crippen LogP contribution in [-0.4, -0.2) is 0 Å². The molecule has 0 unspecified atom stereocenters. The van der Waals surface area contributed by atoms with Crippen LogP contribution >= 0.6 is 0 Å². The zero-order valence-electron chi connectivity index (χ0n) is 12.9. The van der Waals surface area contributed by atoms with Gasteiger partial charge in [0.15, 0.2) is 0 Å². The van der Waals surface area contributed by atoms with Crippen LogP contribution in [0.5, 0.6) is 0 Å². The number of rotatable bonds is 6. The Bertz CT molecular complexity index is 276. The molecule has 0 aliphatic heterocycles. The normalized spacial score (nSPS) is 13.6. The molecule has 0 aromatic rings. The third kappa shape index (κ3) is 5.43. The van der Waals surface area contributed by atoms with E-state index in [1.807, 2.05) is 0 Å². The number of nitrogens with one attached hydrogen (secondary N) is 1. The van der Waals surface area contributed by atoms with Gasteiger partial charge in [-0.1, -0.05) is 67.0 Å². The first kappa shape index (κ1) is 16.3. The van der Waals surface area contributed by atoms with E-state index < -0.39 is 0 Å². The molecule has 17 heavy (non-hydrogen) atoms. The first-order chi connectivity index (χ1) is 7.73. The zero-order chi connectivity index (χ0) is 13.6. The molecule has 0 rings (SSSR count). The summed E-state index contributed by atoms with van der Waals surface area (Å²) in [4.78, 5) is 0. The molecule has 0 amide bonds.